The minimum Gasteiger partial charge on any atom is -0.463 e. The van der Waals surface area contributed by atoms with Crippen LogP contribution in [0.5, 0.6) is 0 Å². The first kappa shape index (κ1) is 19.4. The van der Waals surface area contributed by atoms with Gasteiger partial charge in [-0.05, 0) is 25.5 Å². The highest BCUT2D eigenvalue weighted by molar-refractivity contribution is 7.89. The van der Waals surface area contributed by atoms with Crippen LogP contribution in [0.4, 0.5) is 0 Å². The van der Waals surface area contributed by atoms with Crippen LogP contribution in [0.2, 0.25) is 0 Å². The third-order valence-corrected chi connectivity index (χ3v) is 6.79. The van der Waals surface area contributed by atoms with E-state index in [0.717, 1.165) is 0 Å². The van der Waals surface area contributed by atoms with Crippen molar-refractivity contribution >= 4 is 15.9 Å². The highest BCUT2D eigenvalue weighted by Crippen LogP contribution is 2.20. The Morgan fingerprint density at radius 1 is 1.24 bits per heavy atom. The maximum Gasteiger partial charge on any atom is 0.274 e. The Morgan fingerprint density at radius 2 is 2.07 bits per heavy atom. The SMILES string of the molecule is Cc1nc(S(=O)(=O)N2CCCN(C(=O)c3cc(-c4ccco4)[nH]n3)CC2)cn1C. The van der Waals surface area contributed by atoms with Gasteiger partial charge in [-0.1, -0.05) is 0 Å². The second-order valence-corrected chi connectivity index (χ2v) is 8.82. The van der Waals surface area contributed by atoms with Crippen LogP contribution in [0.25, 0.3) is 11.5 Å². The summed E-state index contributed by atoms with van der Waals surface area (Å²) in [6, 6.07) is 5.16. The maximum absolute atomic E-state index is 12.9. The van der Waals surface area contributed by atoms with Crippen LogP contribution < -0.4 is 0 Å². The van der Waals surface area contributed by atoms with Crippen molar-refractivity contribution in [2.24, 2.45) is 7.05 Å². The molecule has 0 aromatic carbocycles. The number of carbonyl (C=O) groups excluding carboxylic acids is 1. The minimum absolute atomic E-state index is 0.0349. The Bertz CT molecular complexity index is 1100. The zero-order valence-corrected chi connectivity index (χ0v) is 17.0. The Balaban J connectivity index is 1.47. The van der Waals surface area contributed by atoms with Crippen molar-refractivity contribution < 1.29 is 17.6 Å². The van der Waals surface area contributed by atoms with Gasteiger partial charge in [-0.15, -0.1) is 0 Å². The third-order valence-electron chi connectivity index (χ3n) is 5.02. The number of nitrogens with zero attached hydrogens (tertiary/aromatic N) is 5. The largest absolute Gasteiger partial charge is 0.463 e. The predicted molar refractivity (Wildman–Crippen MR) is 104 cm³/mol. The molecule has 10 nitrogen and oxygen atoms in total. The van der Waals surface area contributed by atoms with Crippen LogP contribution in [0, 0.1) is 6.92 Å². The molecule has 1 saturated heterocycles. The van der Waals surface area contributed by atoms with Gasteiger partial charge in [0.25, 0.3) is 15.9 Å². The Labute approximate surface area is 168 Å². The van der Waals surface area contributed by atoms with E-state index in [9.17, 15) is 13.2 Å². The molecule has 1 fully saturated rings. The molecule has 0 saturated carbocycles. The monoisotopic (exact) mass is 418 g/mol. The molecule has 0 bridgehead atoms. The van der Waals surface area contributed by atoms with Crippen LogP contribution in [0.1, 0.15) is 22.7 Å². The van der Waals surface area contributed by atoms with E-state index in [1.807, 2.05) is 0 Å². The third kappa shape index (κ3) is 3.70. The zero-order chi connectivity index (χ0) is 20.6. The number of rotatable bonds is 4. The average Bonchev–Trinajstić information content (AvgIpc) is 3.40. The number of carbonyl (C=O) groups is 1. The Morgan fingerprint density at radius 3 is 2.76 bits per heavy atom. The quantitative estimate of drug-likeness (QED) is 0.681. The van der Waals surface area contributed by atoms with Crippen molar-refractivity contribution in [3.8, 4) is 11.5 Å². The fourth-order valence-corrected chi connectivity index (χ4v) is 4.77. The molecule has 0 aliphatic carbocycles. The predicted octanol–water partition coefficient (Wildman–Crippen LogP) is 1.25. The summed E-state index contributed by atoms with van der Waals surface area (Å²) in [4.78, 5) is 18.6. The average molecular weight is 418 g/mol. The molecule has 1 N–H and O–H groups in total. The van der Waals surface area contributed by atoms with Crippen molar-refractivity contribution in [1.82, 2.24) is 29.0 Å². The van der Waals surface area contributed by atoms with Gasteiger partial charge in [0, 0.05) is 45.5 Å². The summed E-state index contributed by atoms with van der Waals surface area (Å²) in [6.45, 7) is 3.03. The van der Waals surface area contributed by atoms with Gasteiger partial charge < -0.3 is 13.9 Å². The lowest BCUT2D eigenvalue weighted by atomic mass is 10.2. The van der Waals surface area contributed by atoms with Gasteiger partial charge in [0.15, 0.2) is 16.5 Å². The number of furan rings is 1. The number of aromatic nitrogens is 4. The molecule has 0 unspecified atom stereocenters. The summed E-state index contributed by atoms with van der Waals surface area (Å²) in [6.07, 6.45) is 3.59. The number of sulfonamides is 1. The molecule has 0 spiro atoms. The second-order valence-electron chi connectivity index (χ2n) is 6.93. The molecule has 0 radical (unpaired) electrons. The van der Waals surface area contributed by atoms with Crippen molar-refractivity contribution in [3.63, 3.8) is 0 Å². The van der Waals surface area contributed by atoms with E-state index in [1.165, 1.54) is 10.5 Å². The lowest BCUT2D eigenvalue weighted by Crippen LogP contribution is -2.37. The number of aryl methyl sites for hydroxylation is 2. The van der Waals surface area contributed by atoms with Crippen LogP contribution in [0.3, 0.4) is 0 Å². The lowest BCUT2D eigenvalue weighted by Gasteiger charge is -2.20. The van der Waals surface area contributed by atoms with Crippen LogP contribution in [-0.4, -0.2) is 69.5 Å². The smallest absolute Gasteiger partial charge is 0.274 e. The van der Waals surface area contributed by atoms with Crippen molar-refractivity contribution in [2.45, 2.75) is 18.4 Å². The van der Waals surface area contributed by atoms with Crippen molar-refractivity contribution in [2.75, 3.05) is 26.2 Å². The summed E-state index contributed by atoms with van der Waals surface area (Å²) in [7, 11) is -1.94. The van der Waals surface area contributed by atoms with Crippen LogP contribution >= 0.6 is 0 Å². The molecule has 1 amide bonds. The molecule has 3 aromatic heterocycles. The van der Waals surface area contributed by atoms with Crippen LogP contribution in [-0.2, 0) is 17.1 Å². The van der Waals surface area contributed by atoms with Crippen LogP contribution in [0.15, 0.2) is 40.1 Å². The van der Waals surface area contributed by atoms with Crippen molar-refractivity contribution in [3.05, 3.63) is 42.2 Å². The first-order valence-electron chi connectivity index (χ1n) is 9.25. The molecule has 4 heterocycles. The minimum atomic E-state index is -3.70. The summed E-state index contributed by atoms with van der Waals surface area (Å²) in [5.41, 5.74) is 0.885. The number of aromatic amines is 1. The maximum atomic E-state index is 12.9. The van der Waals surface area contributed by atoms with E-state index in [0.29, 0.717) is 36.8 Å². The molecule has 3 aromatic rings. The molecular formula is C18H22N6O4S. The molecule has 0 atom stereocenters. The van der Waals surface area contributed by atoms with E-state index < -0.39 is 10.0 Å². The fourth-order valence-electron chi connectivity index (χ4n) is 3.27. The normalized spacial score (nSPS) is 16.1. The second kappa shape index (κ2) is 7.48. The Hall–Kier alpha value is -2.92. The highest BCUT2D eigenvalue weighted by atomic mass is 32.2. The molecule has 1 aliphatic rings. The number of nitrogens with one attached hydrogen (secondary N) is 1. The van der Waals surface area contributed by atoms with Gasteiger partial charge in [0.1, 0.15) is 11.5 Å². The summed E-state index contributed by atoms with van der Waals surface area (Å²) in [5, 5.41) is 6.92. The lowest BCUT2D eigenvalue weighted by molar-refractivity contribution is 0.0758. The van der Waals surface area contributed by atoms with E-state index >= 15 is 0 Å². The van der Waals surface area contributed by atoms with Gasteiger partial charge >= 0.3 is 0 Å². The number of imidazole rings is 1. The molecular weight excluding hydrogens is 396 g/mol. The van der Waals surface area contributed by atoms with Gasteiger partial charge in [-0.3, -0.25) is 9.89 Å². The van der Waals surface area contributed by atoms with Gasteiger partial charge in [0.2, 0.25) is 0 Å². The van der Waals surface area contributed by atoms with Gasteiger partial charge in [-0.2, -0.15) is 9.40 Å². The number of hydrogen-bond donors (Lipinski definition) is 1. The first-order chi connectivity index (χ1) is 13.9. The topological polar surface area (TPSA) is 117 Å². The molecule has 1 aliphatic heterocycles. The van der Waals surface area contributed by atoms with E-state index in [4.69, 9.17) is 4.42 Å². The molecule has 4 rings (SSSR count). The van der Waals surface area contributed by atoms with Gasteiger partial charge in [0.05, 0.1) is 6.26 Å². The summed E-state index contributed by atoms with van der Waals surface area (Å²) >= 11 is 0. The van der Waals surface area contributed by atoms with Gasteiger partial charge in [-0.25, -0.2) is 13.4 Å². The molecule has 154 valence electrons. The molecule has 29 heavy (non-hydrogen) atoms. The molecule has 11 heteroatoms. The first-order valence-corrected chi connectivity index (χ1v) is 10.7. The zero-order valence-electron chi connectivity index (χ0n) is 16.2. The fraction of sp³-hybridized carbons (Fsp3) is 0.389. The number of H-pyrrole nitrogens is 1. The number of amides is 1. The number of hydrogen-bond acceptors (Lipinski definition) is 6. The van der Waals surface area contributed by atoms with E-state index in [1.54, 1.807) is 47.9 Å². The van der Waals surface area contributed by atoms with E-state index in [-0.39, 0.29) is 29.7 Å². The summed E-state index contributed by atoms with van der Waals surface area (Å²) in [5.74, 6) is 0.975. The Kier molecular flexibility index (Phi) is 5.01. The summed E-state index contributed by atoms with van der Waals surface area (Å²) < 4.78 is 34.2. The standard InChI is InChI=1S/C18H22N6O4S/c1-13-19-17(12-22(13)2)29(26,27)24-7-4-6-23(8-9-24)18(25)15-11-14(20-21-15)16-5-3-10-28-16/h3,5,10-12H,4,6-9H2,1-2H3,(H,20,21). The highest BCUT2D eigenvalue weighted by Gasteiger charge is 2.31. The van der Waals surface area contributed by atoms with Crippen molar-refractivity contribution in [1.29, 1.82) is 0 Å². The van der Waals surface area contributed by atoms with E-state index in [2.05, 4.69) is 15.2 Å².